The summed E-state index contributed by atoms with van der Waals surface area (Å²) >= 11 is 3.34. The Morgan fingerprint density at radius 2 is 2.00 bits per heavy atom. The molecule has 2 aromatic heterocycles. The molecular weight excluding hydrogens is 328 g/mol. The topological polar surface area (TPSA) is 41.6 Å². The van der Waals surface area contributed by atoms with Gasteiger partial charge in [-0.15, -0.1) is 0 Å². The minimum Gasteiger partial charge on any atom is -0.285 e. The number of pyridine rings is 1. The Labute approximate surface area is 122 Å². The van der Waals surface area contributed by atoms with E-state index in [-0.39, 0.29) is 5.56 Å². The number of hydrogen-bond acceptors (Lipinski definition) is 2. The van der Waals surface area contributed by atoms with Gasteiger partial charge < -0.3 is 0 Å². The molecule has 102 valence electrons. The molecule has 0 atom stereocenters. The summed E-state index contributed by atoms with van der Waals surface area (Å²) in [4.78, 5) is 4.07. The second-order valence-electron chi connectivity index (χ2n) is 4.47. The van der Waals surface area contributed by atoms with Crippen LogP contribution in [0.15, 0.2) is 35.2 Å². The first kappa shape index (κ1) is 13.2. The normalized spacial score (nSPS) is 11.4. The first-order valence-corrected chi connectivity index (χ1v) is 6.73. The molecule has 2 heterocycles. The Balaban J connectivity index is 2.36. The van der Waals surface area contributed by atoms with Crippen LogP contribution in [0.1, 0.15) is 17.7 Å². The molecule has 0 bridgehead atoms. The fourth-order valence-corrected chi connectivity index (χ4v) is 2.71. The summed E-state index contributed by atoms with van der Waals surface area (Å²) in [5.41, 5.74) is 1.85. The molecule has 20 heavy (non-hydrogen) atoms. The highest BCUT2D eigenvalue weighted by Gasteiger charge is 2.18. The zero-order chi connectivity index (χ0) is 14.3. The molecule has 0 saturated heterocycles. The van der Waals surface area contributed by atoms with Crippen LogP contribution in [-0.2, 0) is 0 Å². The van der Waals surface area contributed by atoms with Gasteiger partial charge in [-0.1, -0.05) is 0 Å². The van der Waals surface area contributed by atoms with E-state index < -0.39 is 6.43 Å². The van der Waals surface area contributed by atoms with Crippen LogP contribution >= 0.6 is 15.9 Å². The standard InChI is InChI=1S/C14H10BrF2N3/c1-7-12(5-19-20-7)10-2-8-4-18-6-13(15)9(8)3-11(10)14(16)17/h2-6,14H,1H3,(H,19,20). The van der Waals surface area contributed by atoms with Crippen LogP contribution in [0.5, 0.6) is 0 Å². The lowest BCUT2D eigenvalue weighted by Gasteiger charge is -2.11. The third-order valence-electron chi connectivity index (χ3n) is 3.24. The van der Waals surface area contributed by atoms with Gasteiger partial charge in [-0.3, -0.25) is 10.1 Å². The SMILES string of the molecule is Cc1n[nH]cc1-c1cc2cncc(Br)c2cc1C(F)F. The van der Waals surface area contributed by atoms with E-state index in [1.807, 2.05) is 0 Å². The van der Waals surface area contributed by atoms with Gasteiger partial charge in [-0.05, 0) is 45.9 Å². The van der Waals surface area contributed by atoms with Crippen LogP contribution < -0.4 is 0 Å². The van der Waals surface area contributed by atoms with Crippen LogP contribution in [-0.4, -0.2) is 15.2 Å². The van der Waals surface area contributed by atoms with E-state index in [9.17, 15) is 8.78 Å². The Kier molecular flexibility index (Phi) is 3.25. The average Bonchev–Trinajstić information content (AvgIpc) is 2.84. The van der Waals surface area contributed by atoms with E-state index >= 15 is 0 Å². The Morgan fingerprint density at radius 3 is 2.65 bits per heavy atom. The number of fused-ring (bicyclic) bond motifs is 1. The molecule has 0 amide bonds. The minimum atomic E-state index is -2.55. The van der Waals surface area contributed by atoms with Crippen LogP contribution in [0.2, 0.25) is 0 Å². The Bertz CT molecular complexity index is 783. The lowest BCUT2D eigenvalue weighted by atomic mass is 9.97. The van der Waals surface area contributed by atoms with Gasteiger partial charge in [-0.25, -0.2) is 8.78 Å². The minimum absolute atomic E-state index is 0.00565. The highest BCUT2D eigenvalue weighted by Crippen LogP contribution is 2.37. The van der Waals surface area contributed by atoms with Crippen LogP contribution in [0, 0.1) is 6.92 Å². The van der Waals surface area contributed by atoms with Crippen LogP contribution in [0.4, 0.5) is 8.78 Å². The molecule has 0 fully saturated rings. The Morgan fingerprint density at radius 1 is 1.20 bits per heavy atom. The number of benzene rings is 1. The van der Waals surface area contributed by atoms with E-state index in [0.717, 1.165) is 10.8 Å². The summed E-state index contributed by atoms with van der Waals surface area (Å²) in [6, 6.07) is 3.24. The van der Waals surface area contributed by atoms with Gasteiger partial charge in [0.15, 0.2) is 0 Å². The first-order valence-electron chi connectivity index (χ1n) is 5.94. The first-order chi connectivity index (χ1) is 9.58. The second-order valence-corrected chi connectivity index (χ2v) is 5.32. The van der Waals surface area contributed by atoms with Crippen molar-refractivity contribution in [2.45, 2.75) is 13.3 Å². The van der Waals surface area contributed by atoms with Crippen molar-refractivity contribution in [3.8, 4) is 11.1 Å². The lowest BCUT2D eigenvalue weighted by Crippen LogP contribution is -1.93. The maximum absolute atomic E-state index is 13.3. The molecule has 0 radical (unpaired) electrons. The molecule has 0 spiro atoms. The predicted octanol–water partition coefficient (Wildman–Crippen LogP) is 4.63. The van der Waals surface area contributed by atoms with Gasteiger partial charge in [-0.2, -0.15) is 5.10 Å². The summed E-state index contributed by atoms with van der Waals surface area (Å²) < 4.78 is 27.4. The summed E-state index contributed by atoms with van der Waals surface area (Å²) in [6.07, 6.45) is 2.34. The van der Waals surface area contributed by atoms with Crippen LogP contribution in [0.25, 0.3) is 21.9 Å². The molecule has 6 heteroatoms. The third-order valence-corrected chi connectivity index (χ3v) is 3.87. The molecular formula is C14H10BrF2N3. The van der Waals surface area contributed by atoms with Gasteiger partial charge in [0.05, 0.1) is 5.69 Å². The molecule has 0 saturated carbocycles. The van der Waals surface area contributed by atoms with Gasteiger partial charge >= 0.3 is 0 Å². The van der Waals surface area contributed by atoms with Crippen molar-refractivity contribution in [1.29, 1.82) is 0 Å². The van der Waals surface area contributed by atoms with Crippen molar-refractivity contribution in [2.24, 2.45) is 0 Å². The number of H-pyrrole nitrogens is 1. The largest absolute Gasteiger partial charge is 0.285 e. The number of rotatable bonds is 2. The van der Waals surface area contributed by atoms with E-state index in [1.54, 1.807) is 31.6 Å². The molecule has 0 unspecified atom stereocenters. The van der Waals surface area contributed by atoms with Gasteiger partial charge in [0.25, 0.3) is 6.43 Å². The van der Waals surface area contributed by atoms with Crippen molar-refractivity contribution in [1.82, 2.24) is 15.2 Å². The third kappa shape index (κ3) is 2.10. The quantitative estimate of drug-likeness (QED) is 0.740. The van der Waals surface area contributed by atoms with Crippen LogP contribution in [0.3, 0.4) is 0 Å². The molecule has 1 N–H and O–H groups in total. The summed E-state index contributed by atoms with van der Waals surface area (Å²) in [7, 11) is 0. The molecule has 3 nitrogen and oxygen atoms in total. The number of aromatic amines is 1. The zero-order valence-electron chi connectivity index (χ0n) is 10.5. The monoisotopic (exact) mass is 337 g/mol. The predicted molar refractivity (Wildman–Crippen MR) is 76.7 cm³/mol. The summed E-state index contributed by atoms with van der Waals surface area (Å²) in [5, 5.41) is 8.23. The second kappa shape index (κ2) is 4.94. The van der Waals surface area contributed by atoms with E-state index in [4.69, 9.17) is 0 Å². The smallest absolute Gasteiger partial charge is 0.264 e. The molecule has 3 rings (SSSR count). The van der Waals surface area contributed by atoms with Gasteiger partial charge in [0.2, 0.25) is 0 Å². The summed E-state index contributed by atoms with van der Waals surface area (Å²) in [6.45, 7) is 1.78. The highest BCUT2D eigenvalue weighted by molar-refractivity contribution is 9.10. The molecule has 0 aliphatic carbocycles. The van der Waals surface area contributed by atoms with E-state index in [0.29, 0.717) is 21.3 Å². The number of nitrogens with zero attached hydrogens (tertiary/aromatic N) is 2. The average molecular weight is 338 g/mol. The number of aryl methyl sites for hydroxylation is 1. The maximum atomic E-state index is 13.3. The van der Waals surface area contributed by atoms with Crippen molar-refractivity contribution < 1.29 is 8.78 Å². The lowest BCUT2D eigenvalue weighted by molar-refractivity contribution is 0.152. The van der Waals surface area contributed by atoms with E-state index in [2.05, 4.69) is 31.1 Å². The maximum Gasteiger partial charge on any atom is 0.264 e. The number of halogens is 3. The van der Waals surface area contributed by atoms with Crippen molar-refractivity contribution in [3.05, 3.63) is 46.5 Å². The number of hydrogen-bond donors (Lipinski definition) is 1. The number of nitrogens with one attached hydrogen (secondary N) is 1. The fourth-order valence-electron chi connectivity index (χ4n) is 2.24. The highest BCUT2D eigenvalue weighted by atomic mass is 79.9. The number of alkyl halides is 2. The number of aromatic nitrogens is 3. The van der Waals surface area contributed by atoms with Gasteiger partial charge in [0.1, 0.15) is 0 Å². The van der Waals surface area contributed by atoms with Gasteiger partial charge in [0, 0.05) is 39.6 Å². The summed E-state index contributed by atoms with van der Waals surface area (Å²) in [5.74, 6) is 0. The fraction of sp³-hybridized carbons (Fsp3) is 0.143. The molecule has 3 aromatic rings. The van der Waals surface area contributed by atoms with Crippen molar-refractivity contribution in [2.75, 3.05) is 0 Å². The van der Waals surface area contributed by atoms with Crippen molar-refractivity contribution in [3.63, 3.8) is 0 Å². The van der Waals surface area contributed by atoms with Crippen molar-refractivity contribution >= 4 is 26.7 Å². The molecule has 1 aromatic carbocycles. The molecule has 0 aliphatic rings. The zero-order valence-corrected chi connectivity index (χ0v) is 12.1. The van der Waals surface area contributed by atoms with E-state index in [1.165, 1.54) is 6.07 Å². The Hall–Kier alpha value is -1.82. The molecule has 0 aliphatic heterocycles.